The second kappa shape index (κ2) is 9.14. The van der Waals surface area contributed by atoms with Crippen molar-refractivity contribution in [1.82, 2.24) is 0 Å². The molecule has 1 aromatic rings. The molecule has 0 fully saturated rings. The zero-order valence-corrected chi connectivity index (χ0v) is 15.6. The molecule has 0 aromatic heterocycles. The topological polar surface area (TPSA) is 99.1 Å². The predicted molar refractivity (Wildman–Crippen MR) is 94.0 cm³/mol. The van der Waals surface area contributed by atoms with Crippen molar-refractivity contribution in [1.29, 1.82) is 0 Å². The largest absolute Gasteiger partial charge is 0.535 e. The summed E-state index contributed by atoms with van der Waals surface area (Å²) in [6, 6.07) is 4.53. The first-order valence-electron chi connectivity index (χ1n) is 8.84. The number of ether oxygens (including phenoxy) is 2. The number of halogens is 2. The number of hydrogen-bond acceptors (Lipinski definition) is 7. The smallest absolute Gasteiger partial charge is 0.526 e. The van der Waals surface area contributed by atoms with Crippen LogP contribution in [0.15, 0.2) is 18.2 Å². The number of para-hydroxylation sites is 1. The third-order valence-electron chi connectivity index (χ3n) is 4.24. The van der Waals surface area contributed by atoms with E-state index in [1.807, 2.05) is 0 Å². The van der Waals surface area contributed by atoms with Crippen molar-refractivity contribution in [3.05, 3.63) is 29.3 Å². The Hall–Kier alpha value is -2.49. The zero-order chi connectivity index (χ0) is 20.9. The molecule has 0 radical (unpaired) electrons. The van der Waals surface area contributed by atoms with Crippen molar-refractivity contribution < 1.29 is 42.3 Å². The van der Waals surface area contributed by atoms with Crippen LogP contribution in [0.2, 0.25) is 5.82 Å². The van der Waals surface area contributed by atoms with E-state index < -0.39 is 49.8 Å². The van der Waals surface area contributed by atoms with E-state index in [0.29, 0.717) is 18.9 Å². The van der Waals surface area contributed by atoms with Crippen LogP contribution in [-0.2, 0) is 25.5 Å². The highest BCUT2D eigenvalue weighted by molar-refractivity contribution is 6.47. The summed E-state index contributed by atoms with van der Waals surface area (Å²) in [5.41, 5.74) is 0.466. The van der Waals surface area contributed by atoms with Gasteiger partial charge in [-0.05, 0) is 24.5 Å². The van der Waals surface area contributed by atoms with Crippen LogP contribution >= 0.6 is 0 Å². The Morgan fingerprint density at radius 1 is 1.32 bits per heavy atom. The fourth-order valence-corrected chi connectivity index (χ4v) is 2.74. The fraction of sp³-hybridized carbons (Fsp3) is 0.500. The van der Waals surface area contributed by atoms with Gasteiger partial charge < -0.3 is 19.2 Å². The summed E-state index contributed by atoms with van der Waals surface area (Å²) in [5, 5.41) is 10.1. The maximum absolute atomic E-state index is 13.1. The maximum Gasteiger partial charge on any atom is 0.526 e. The molecule has 10 heteroatoms. The molecule has 1 aliphatic heterocycles. The first-order chi connectivity index (χ1) is 13.1. The van der Waals surface area contributed by atoms with Gasteiger partial charge in [0, 0.05) is 25.6 Å². The average Bonchev–Trinajstić information content (AvgIpc) is 2.61. The lowest BCUT2D eigenvalue weighted by Gasteiger charge is -2.28. The number of Topliss-reactive ketones (excluding diaryl/α,β-unsaturated/α-hetero) is 1. The van der Waals surface area contributed by atoms with Crippen molar-refractivity contribution in [2.24, 2.45) is 0 Å². The molecule has 0 spiro atoms. The van der Waals surface area contributed by atoms with E-state index in [2.05, 4.69) is 0 Å². The number of carbonyl (C=O) groups excluding carboxylic acids is 3. The number of ketones is 1. The van der Waals surface area contributed by atoms with Gasteiger partial charge in [-0.3, -0.25) is 9.59 Å². The van der Waals surface area contributed by atoms with Gasteiger partial charge in [0.2, 0.25) is 12.6 Å². The third-order valence-corrected chi connectivity index (χ3v) is 4.24. The number of esters is 2. The van der Waals surface area contributed by atoms with E-state index in [0.717, 1.165) is 0 Å². The summed E-state index contributed by atoms with van der Waals surface area (Å²) in [7, 11) is -1.53. The molecule has 28 heavy (non-hydrogen) atoms. The second-order valence-electron chi connectivity index (χ2n) is 6.60. The lowest BCUT2D eigenvalue weighted by Crippen LogP contribution is -2.38. The summed E-state index contributed by atoms with van der Waals surface area (Å²) in [5.74, 6) is -6.95. The molecule has 0 unspecified atom stereocenters. The quantitative estimate of drug-likeness (QED) is 0.408. The molecule has 7 nitrogen and oxygen atoms in total. The van der Waals surface area contributed by atoms with Gasteiger partial charge >= 0.3 is 25.0 Å². The molecule has 1 N–H and O–H groups in total. The van der Waals surface area contributed by atoms with Crippen LogP contribution in [-0.4, -0.2) is 42.6 Å². The molecule has 0 saturated carbocycles. The zero-order valence-electron chi connectivity index (χ0n) is 15.6. The van der Waals surface area contributed by atoms with E-state index in [9.17, 15) is 28.2 Å². The Balaban J connectivity index is 2.06. The standard InChI is InChI=1S/C18H21BF2O7/c1-3-5-15(23)26-10-27-17(24)13-7-4-6-11-8-12(19(25)28-16(11)13)9-14(22)18(2,20)21/h4,6-7,12,25H,3,5,8-10H2,1-2H3/t12-/m1/s1. The number of rotatable bonds is 8. The van der Waals surface area contributed by atoms with Gasteiger partial charge in [0.15, 0.2) is 0 Å². The van der Waals surface area contributed by atoms with Gasteiger partial charge in [0.25, 0.3) is 0 Å². The van der Waals surface area contributed by atoms with Crippen LogP contribution in [0.5, 0.6) is 5.75 Å². The molecular formula is C18H21BF2O7. The first kappa shape index (κ1) is 21.8. The van der Waals surface area contributed by atoms with Crippen molar-refractivity contribution in [3.63, 3.8) is 0 Å². The Kier molecular flexibility index (Phi) is 7.12. The molecule has 1 heterocycles. The van der Waals surface area contributed by atoms with E-state index >= 15 is 0 Å². The minimum atomic E-state index is -3.50. The van der Waals surface area contributed by atoms with Crippen LogP contribution in [0.3, 0.4) is 0 Å². The number of hydrogen-bond donors (Lipinski definition) is 1. The van der Waals surface area contributed by atoms with Crippen LogP contribution in [0.4, 0.5) is 8.78 Å². The minimum Gasteiger partial charge on any atom is -0.535 e. The summed E-state index contributed by atoms with van der Waals surface area (Å²) >= 11 is 0. The number of alkyl halides is 2. The van der Waals surface area contributed by atoms with Crippen LogP contribution in [0.25, 0.3) is 0 Å². The number of benzene rings is 1. The summed E-state index contributed by atoms with van der Waals surface area (Å²) in [6.07, 6.45) is 0.305. The second-order valence-corrected chi connectivity index (χ2v) is 6.60. The van der Waals surface area contributed by atoms with Crippen molar-refractivity contribution >= 4 is 24.8 Å². The van der Waals surface area contributed by atoms with E-state index in [-0.39, 0.29) is 24.2 Å². The summed E-state index contributed by atoms with van der Waals surface area (Å²) in [6.45, 7) is 1.74. The Labute approximate surface area is 161 Å². The molecule has 152 valence electrons. The van der Waals surface area contributed by atoms with Crippen LogP contribution in [0, 0.1) is 0 Å². The van der Waals surface area contributed by atoms with Gasteiger partial charge in [-0.25, -0.2) is 4.79 Å². The lowest BCUT2D eigenvalue weighted by molar-refractivity contribution is -0.152. The minimum absolute atomic E-state index is 0.00584. The molecule has 0 saturated heterocycles. The lowest BCUT2D eigenvalue weighted by atomic mass is 9.64. The SMILES string of the molecule is CCCC(=O)OCOC(=O)c1cccc2c1OB(O)[C@@H](CC(=O)C(C)(F)F)C2. The van der Waals surface area contributed by atoms with Gasteiger partial charge in [-0.1, -0.05) is 19.1 Å². The molecule has 1 aliphatic rings. The summed E-state index contributed by atoms with van der Waals surface area (Å²) in [4.78, 5) is 35.1. The van der Waals surface area contributed by atoms with Gasteiger partial charge in [-0.2, -0.15) is 8.78 Å². The summed E-state index contributed by atoms with van der Waals surface area (Å²) < 4.78 is 41.2. The van der Waals surface area contributed by atoms with E-state index in [4.69, 9.17) is 14.1 Å². The molecule has 0 aliphatic carbocycles. The highest BCUT2D eigenvalue weighted by Gasteiger charge is 2.42. The monoisotopic (exact) mass is 398 g/mol. The van der Waals surface area contributed by atoms with Crippen LogP contribution in [0.1, 0.15) is 49.0 Å². The Morgan fingerprint density at radius 3 is 2.68 bits per heavy atom. The van der Waals surface area contributed by atoms with Gasteiger partial charge in [0.05, 0.1) is 0 Å². The van der Waals surface area contributed by atoms with Gasteiger partial charge in [0.1, 0.15) is 11.3 Å². The van der Waals surface area contributed by atoms with Crippen molar-refractivity contribution in [3.8, 4) is 5.75 Å². The highest BCUT2D eigenvalue weighted by atomic mass is 19.3. The Morgan fingerprint density at radius 2 is 2.04 bits per heavy atom. The number of fused-ring (bicyclic) bond motifs is 1. The normalized spacial score (nSPS) is 16.0. The predicted octanol–water partition coefficient (Wildman–Crippen LogP) is 2.54. The Bertz CT molecular complexity index is 748. The highest BCUT2D eigenvalue weighted by Crippen LogP contribution is 2.37. The molecule has 2 rings (SSSR count). The average molecular weight is 398 g/mol. The van der Waals surface area contributed by atoms with Gasteiger partial charge in [-0.15, -0.1) is 0 Å². The molecular weight excluding hydrogens is 377 g/mol. The van der Waals surface area contributed by atoms with E-state index in [1.165, 1.54) is 12.1 Å². The third kappa shape index (κ3) is 5.51. The van der Waals surface area contributed by atoms with Crippen LogP contribution < -0.4 is 4.65 Å². The fourth-order valence-electron chi connectivity index (χ4n) is 2.74. The van der Waals surface area contributed by atoms with E-state index in [1.54, 1.807) is 13.0 Å². The van der Waals surface area contributed by atoms with Crippen molar-refractivity contribution in [2.45, 2.75) is 51.3 Å². The molecule has 0 amide bonds. The molecule has 1 aromatic carbocycles. The molecule has 1 atom stereocenters. The molecule has 0 bridgehead atoms. The van der Waals surface area contributed by atoms with Crippen molar-refractivity contribution in [2.75, 3.05) is 6.79 Å². The number of carbonyl (C=O) groups is 3. The maximum atomic E-state index is 13.1. The first-order valence-corrected chi connectivity index (χ1v) is 8.84.